The number of fused-ring (bicyclic) bond motifs is 1. The molecule has 0 heterocycles. The van der Waals surface area contributed by atoms with Gasteiger partial charge in [-0.05, 0) is 142 Å². The van der Waals surface area contributed by atoms with Gasteiger partial charge in [-0.1, -0.05) is 172 Å². The number of carbonyl (C=O) groups is 5. The van der Waals surface area contributed by atoms with Crippen LogP contribution in [0.2, 0.25) is 0 Å². The normalized spacial score (nSPS) is 13.8. The Kier molecular flexibility index (Phi) is 35.2. The van der Waals surface area contributed by atoms with Crippen LogP contribution in [-0.2, 0) is 54.1 Å². The lowest BCUT2D eigenvalue weighted by Gasteiger charge is -2.40. The lowest BCUT2D eigenvalue weighted by molar-refractivity contribution is -0.171. The largest absolute Gasteiger partial charge is 0.497 e. The zero-order valence-electron chi connectivity index (χ0n) is 50.3. The number of hydrogen-bond acceptors (Lipinski definition) is 11. The maximum atomic E-state index is 13.7. The SMILES string of the molecule is CCCCCCCC/C=C\CCCCCCCC(=O)OCC(COC(=O)CCCCCCC/C=C\CCCCCCCC)OC(=O)CC1(CC(=O)OCOC(=C2CCC2)N(CCc2cccc3ccc(OC)cc23)C(C)=O)CCC1. The van der Waals surface area contributed by atoms with Crippen molar-refractivity contribution in [1.82, 2.24) is 4.90 Å². The van der Waals surface area contributed by atoms with Gasteiger partial charge in [-0.3, -0.25) is 28.9 Å². The van der Waals surface area contributed by atoms with Crippen LogP contribution < -0.4 is 4.74 Å². The summed E-state index contributed by atoms with van der Waals surface area (Å²) in [5, 5.41) is 2.13. The van der Waals surface area contributed by atoms with Gasteiger partial charge in [-0.15, -0.1) is 0 Å². The maximum absolute atomic E-state index is 13.7. The van der Waals surface area contributed by atoms with Crippen molar-refractivity contribution in [2.75, 3.05) is 33.7 Å². The number of carbonyl (C=O) groups excluding carboxylic acids is 5. The zero-order chi connectivity index (χ0) is 57.3. The molecule has 2 aromatic rings. The molecule has 0 aliphatic heterocycles. The Hall–Kier alpha value is -5.13. The standard InChI is InChI=1S/C68H105NO11/c1-5-7-9-11-13-15-17-19-21-23-25-27-29-31-33-42-63(71)76-53-61(54-77-64(72)43-34-32-30-28-26-24-22-20-18-16-14-12-10-8-6-2)80-66(74)52-68(47-37-48-68)51-65(73)78-55-79-67(59-40-36-41-59)69(56(3)70)49-46-58-39-35-38-57-44-45-60(75-4)50-62(57)58/h19-22,35,38-39,44-45,50,61H,5-18,23-34,36-37,40-43,46-49,51-55H2,1-4H3/b21-19-,22-20-. The van der Waals surface area contributed by atoms with Crippen molar-refractivity contribution in [3.8, 4) is 5.75 Å². The maximum Gasteiger partial charge on any atom is 0.309 e. The van der Waals surface area contributed by atoms with Gasteiger partial charge in [0.25, 0.3) is 0 Å². The minimum atomic E-state index is -0.985. The number of ether oxygens (including phenoxy) is 6. The second-order valence-corrected chi connectivity index (χ2v) is 22.8. The Bertz CT molecular complexity index is 2110. The first-order valence-electron chi connectivity index (χ1n) is 31.7. The molecule has 2 aliphatic rings. The third kappa shape index (κ3) is 28.5. The predicted molar refractivity (Wildman–Crippen MR) is 321 cm³/mol. The smallest absolute Gasteiger partial charge is 0.309 e. The van der Waals surface area contributed by atoms with Crippen molar-refractivity contribution in [3.63, 3.8) is 0 Å². The summed E-state index contributed by atoms with van der Waals surface area (Å²) in [5.41, 5.74) is 1.41. The van der Waals surface area contributed by atoms with E-state index in [0.29, 0.717) is 44.5 Å². The van der Waals surface area contributed by atoms with Gasteiger partial charge >= 0.3 is 23.9 Å². The lowest BCUT2D eigenvalue weighted by Crippen LogP contribution is -2.38. The summed E-state index contributed by atoms with van der Waals surface area (Å²) in [6, 6.07) is 12.1. The van der Waals surface area contributed by atoms with Crippen LogP contribution in [-0.4, -0.2) is 74.4 Å². The van der Waals surface area contributed by atoms with Crippen molar-refractivity contribution in [1.29, 1.82) is 0 Å². The Morgan fingerprint density at radius 2 is 1.09 bits per heavy atom. The van der Waals surface area contributed by atoms with Crippen LogP contribution in [0.1, 0.15) is 257 Å². The van der Waals surface area contributed by atoms with Crippen LogP contribution in [0.3, 0.4) is 0 Å². The van der Waals surface area contributed by atoms with E-state index in [0.717, 1.165) is 118 Å². The highest BCUT2D eigenvalue weighted by Crippen LogP contribution is 2.47. The second kappa shape index (κ2) is 41.8. The van der Waals surface area contributed by atoms with E-state index < -0.39 is 23.5 Å². The Balaban J connectivity index is 1.21. The molecule has 0 unspecified atom stereocenters. The molecule has 12 heteroatoms. The van der Waals surface area contributed by atoms with E-state index in [1.807, 2.05) is 24.3 Å². The van der Waals surface area contributed by atoms with Crippen molar-refractivity contribution < 1.29 is 52.4 Å². The van der Waals surface area contributed by atoms with E-state index in [2.05, 4.69) is 50.3 Å². The summed E-state index contributed by atoms with van der Waals surface area (Å²) in [5.74, 6) is -0.803. The molecule has 448 valence electrons. The average Bonchev–Trinajstić information content (AvgIpc) is 3.43. The minimum absolute atomic E-state index is 0.0150. The molecular weight excluding hydrogens is 1010 g/mol. The molecule has 0 bridgehead atoms. The summed E-state index contributed by atoms with van der Waals surface area (Å²) >= 11 is 0. The molecule has 0 N–H and O–H groups in total. The zero-order valence-corrected chi connectivity index (χ0v) is 50.3. The molecule has 2 aromatic carbocycles. The summed E-state index contributed by atoms with van der Waals surface area (Å²) in [4.78, 5) is 67.7. The molecule has 0 saturated heterocycles. The molecule has 2 aliphatic carbocycles. The molecule has 80 heavy (non-hydrogen) atoms. The quantitative estimate of drug-likeness (QED) is 0.0156. The fraction of sp³-hybridized carbons (Fsp3) is 0.691. The van der Waals surface area contributed by atoms with Gasteiger partial charge in [0.2, 0.25) is 12.7 Å². The minimum Gasteiger partial charge on any atom is -0.497 e. The van der Waals surface area contributed by atoms with E-state index >= 15 is 0 Å². The molecule has 12 nitrogen and oxygen atoms in total. The van der Waals surface area contributed by atoms with Crippen LogP contribution in [0, 0.1) is 5.41 Å². The Morgan fingerprint density at radius 3 is 1.56 bits per heavy atom. The van der Waals surface area contributed by atoms with E-state index in [1.54, 1.807) is 12.0 Å². The van der Waals surface area contributed by atoms with E-state index in [-0.39, 0.29) is 63.5 Å². The second-order valence-electron chi connectivity index (χ2n) is 22.8. The number of unbranched alkanes of at least 4 members (excludes halogenated alkanes) is 22. The highest BCUT2D eigenvalue weighted by molar-refractivity contribution is 5.87. The summed E-state index contributed by atoms with van der Waals surface area (Å²) in [7, 11) is 1.64. The van der Waals surface area contributed by atoms with Crippen LogP contribution in [0.5, 0.6) is 5.75 Å². The molecule has 4 rings (SSSR count). The van der Waals surface area contributed by atoms with E-state index in [9.17, 15) is 24.0 Å². The number of benzene rings is 2. The van der Waals surface area contributed by atoms with Gasteiger partial charge in [0, 0.05) is 26.3 Å². The fourth-order valence-corrected chi connectivity index (χ4v) is 10.7. The third-order valence-electron chi connectivity index (χ3n) is 16.0. The molecule has 0 spiro atoms. The van der Waals surface area contributed by atoms with Crippen molar-refractivity contribution in [2.24, 2.45) is 5.41 Å². The number of rotatable bonds is 47. The summed E-state index contributed by atoms with van der Waals surface area (Å²) in [6.07, 6.45) is 44.2. The number of methoxy groups -OCH3 is 1. The highest BCUT2D eigenvalue weighted by Gasteiger charge is 2.42. The molecular formula is C68H105NO11. The monoisotopic (exact) mass is 1110 g/mol. The van der Waals surface area contributed by atoms with Gasteiger partial charge in [0.05, 0.1) is 20.0 Å². The number of esters is 4. The number of nitrogens with zero attached hydrogens (tertiary/aromatic N) is 1. The molecule has 0 radical (unpaired) electrons. The van der Waals surface area contributed by atoms with Crippen LogP contribution >= 0.6 is 0 Å². The summed E-state index contributed by atoms with van der Waals surface area (Å²) in [6.45, 7) is 5.56. The number of allylic oxidation sites excluding steroid dienone is 5. The van der Waals surface area contributed by atoms with Gasteiger partial charge < -0.3 is 28.4 Å². The molecule has 2 fully saturated rings. The first-order valence-corrected chi connectivity index (χ1v) is 31.7. The van der Waals surface area contributed by atoms with Crippen molar-refractivity contribution >= 4 is 40.6 Å². The van der Waals surface area contributed by atoms with Crippen LogP contribution in [0.4, 0.5) is 0 Å². The fourth-order valence-electron chi connectivity index (χ4n) is 10.7. The molecule has 0 atom stereocenters. The summed E-state index contributed by atoms with van der Waals surface area (Å²) < 4.78 is 34.4. The molecule has 1 amide bonds. The van der Waals surface area contributed by atoms with E-state index in [1.165, 1.54) is 96.8 Å². The topological polar surface area (TPSA) is 144 Å². The van der Waals surface area contributed by atoms with Crippen molar-refractivity contribution in [3.05, 3.63) is 77.7 Å². The van der Waals surface area contributed by atoms with Crippen molar-refractivity contribution in [2.45, 2.75) is 264 Å². The average molecular weight is 1110 g/mol. The molecule has 2 saturated carbocycles. The van der Waals surface area contributed by atoms with Gasteiger partial charge in [-0.2, -0.15) is 0 Å². The molecule has 0 aromatic heterocycles. The van der Waals surface area contributed by atoms with Crippen LogP contribution in [0.15, 0.2) is 72.2 Å². The first-order chi connectivity index (χ1) is 39.1. The van der Waals surface area contributed by atoms with Gasteiger partial charge in [0.15, 0.2) is 12.0 Å². The highest BCUT2D eigenvalue weighted by atomic mass is 16.7. The Labute approximate surface area is 482 Å². The first kappa shape index (κ1) is 67.4. The lowest BCUT2D eigenvalue weighted by atomic mass is 9.64. The Morgan fingerprint density at radius 1 is 0.575 bits per heavy atom. The number of amides is 1. The third-order valence-corrected chi connectivity index (χ3v) is 16.0. The van der Waals surface area contributed by atoms with E-state index in [4.69, 9.17) is 28.4 Å². The van der Waals surface area contributed by atoms with Gasteiger partial charge in [-0.25, -0.2) is 0 Å². The predicted octanol–water partition coefficient (Wildman–Crippen LogP) is 17.2. The number of hydrogen-bond donors (Lipinski definition) is 0. The van der Waals surface area contributed by atoms with Gasteiger partial charge in [0.1, 0.15) is 19.0 Å². The van der Waals surface area contributed by atoms with Crippen LogP contribution in [0.25, 0.3) is 10.8 Å².